The highest BCUT2D eigenvalue weighted by molar-refractivity contribution is 8.29. The Bertz CT molecular complexity index is 1140. The summed E-state index contributed by atoms with van der Waals surface area (Å²) >= 11 is 0. The Morgan fingerprint density at radius 3 is 2.67 bits per heavy atom. The van der Waals surface area contributed by atoms with Gasteiger partial charge in [0.05, 0.1) is 17.7 Å². The van der Waals surface area contributed by atoms with E-state index in [-0.39, 0.29) is 6.04 Å². The Hall–Kier alpha value is -2.86. The van der Waals surface area contributed by atoms with Crippen LogP contribution in [0.25, 0.3) is 11.0 Å². The van der Waals surface area contributed by atoms with Crippen molar-refractivity contribution in [1.82, 2.24) is 19.9 Å². The van der Waals surface area contributed by atoms with Crippen LogP contribution >= 0.6 is 10.6 Å². The zero-order valence-electron chi connectivity index (χ0n) is 18.2. The molecule has 3 aromatic rings. The molecule has 0 aliphatic carbocycles. The van der Waals surface area contributed by atoms with Crippen molar-refractivity contribution < 1.29 is 13.5 Å². The summed E-state index contributed by atoms with van der Waals surface area (Å²) in [4.78, 5) is 27.8. The van der Waals surface area contributed by atoms with Gasteiger partial charge in [-0.3, -0.25) is 4.90 Å². The zero-order valence-corrected chi connectivity index (χ0v) is 19.0. The molecule has 0 saturated carbocycles. The Morgan fingerprint density at radius 2 is 1.94 bits per heavy atom. The maximum Gasteiger partial charge on any atom is 0.231 e. The number of fused-ring (bicyclic) bond motifs is 1. The zero-order chi connectivity index (χ0) is 22.3. The minimum Gasteiger partial charge on any atom is -0.369 e. The molecule has 3 fully saturated rings. The van der Waals surface area contributed by atoms with E-state index in [2.05, 4.69) is 42.5 Å². The lowest BCUT2D eigenvalue weighted by molar-refractivity contribution is -0.108. The normalized spacial score (nSPS) is 23.0. The van der Waals surface area contributed by atoms with Gasteiger partial charge in [-0.25, -0.2) is 0 Å². The van der Waals surface area contributed by atoms with Gasteiger partial charge in [-0.05, 0) is 36.8 Å². The molecule has 3 aliphatic heterocycles. The first kappa shape index (κ1) is 20.7. The highest BCUT2D eigenvalue weighted by atomic mass is 32.3. The van der Waals surface area contributed by atoms with Gasteiger partial charge in [-0.1, -0.05) is 0 Å². The molecule has 1 spiro atoms. The summed E-state index contributed by atoms with van der Waals surface area (Å²) in [6, 6.07) is 10.6. The number of H-pyrrole nitrogens is 1. The van der Waals surface area contributed by atoms with E-state index in [1.807, 2.05) is 24.4 Å². The summed E-state index contributed by atoms with van der Waals surface area (Å²) in [7, 11) is -1.24. The molecule has 174 valence electrons. The minimum atomic E-state index is -1.24. The van der Waals surface area contributed by atoms with Crippen LogP contribution in [0.5, 0.6) is 0 Å². The van der Waals surface area contributed by atoms with Crippen LogP contribution in [-0.2, 0) is 13.5 Å². The van der Waals surface area contributed by atoms with Gasteiger partial charge in [0.15, 0.2) is 0 Å². The van der Waals surface area contributed by atoms with Crippen LogP contribution in [0.4, 0.5) is 23.1 Å². The van der Waals surface area contributed by atoms with E-state index < -0.39 is 10.6 Å². The average molecular weight is 470 g/mol. The highest BCUT2D eigenvalue weighted by Crippen LogP contribution is 2.69. The molecule has 10 nitrogen and oxygen atoms in total. The molecular weight excluding hydrogens is 442 g/mol. The third-order valence-corrected chi connectivity index (χ3v) is 8.73. The molecule has 6 rings (SSSR count). The average Bonchev–Trinajstić information content (AvgIpc) is 3.22. The Kier molecular flexibility index (Phi) is 5.33. The summed E-state index contributed by atoms with van der Waals surface area (Å²) < 4.78 is 10.5. The highest BCUT2D eigenvalue weighted by Gasteiger charge is 2.46. The van der Waals surface area contributed by atoms with Crippen molar-refractivity contribution in [2.75, 3.05) is 59.8 Å². The molecule has 2 aromatic heterocycles. The van der Waals surface area contributed by atoms with Crippen molar-refractivity contribution in [3.63, 3.8) is 0 Å². The summed E-state index contributed by atoms with van der Waals surface area (Å²) in [5.74, 6) is 3.24. The fraction of sp³-hybridized carbons (Fsp3) is 0.409. The number of hydrogen-bond donors (Lipinski definition) is 3. The van der Waals surface area contributed by atoms with Crippen LogP contribution in [0.15, 0.2) is 36.5 Å². The Labute approximate surface area is 193 Å². The van der Waals surface area contributed by atoms with E-state index in [0.717, 1.165) is 72.9 Å². The number of benzene rings is 1. The maximum absolute atomic E-state index is 10.7. The summed E-state index contributed by atoms with van der Waals surface area (Å²) in [5.41, 5.74) is 2.90. The predicted molar refractivity (Wildman–Crippen MR) is 130 cm³/mol. The van der Waals surface area contributed by atoms with Crippen molar-refractivity contribution in [1.29, 1.82) is 0 Å². The van der Waals surface area contributed by atoms with Crippen LogP contribution in [0.3, 0.4) is 0 Å². The lowest BCUT2D eigenvalue weighted by atomic mass is 10.2. The molecule has 1 unspecified atom stereocenters. The van der Waals surface area contributed by atoms with Gasteiger partial charge in [0.25, 0.3) is 0 Å². The molecule has 1 aromatic carbocycles. The molecule has 1 atom stereocenters. The van der Waals surface area contributed by atoms with E-state index in [1.165, 1.54) is 5.69 Å². The first-order valence-electron chi connectivity index (χ1n) is 11.3. The van der Waals surface area contributed by atoms with Crippen molar-refractivity contribution in [2.24, 2.45) is 0 Å². The smallest absolute Gasteiger partial charge is 0.231 e. The van der Waals surface area contributed by atoms with Crippen LogP contribution in [0, 0.1) is 0 Å². The molecule has 3 saturated heterocycles. The van der Waals surface area contributed by atoms with E-state index in [0.29, 0.717) is 12.5 Å². The number of rotatable bonds is 7. The first-order chi connectivity index (χ1) is 16.2. The summed E-state index contributed by atoms with van der Waals surface area (Å²) in [6.07, 6.45) is 3.87. The van der Waals surface area contributed by atoms with E-state index in [4.69, 9.17) is 13.7 Å². The van der Waals surface area contributed by atoms with E-state index in [9.17, 15) is 4.79 Å². The van der Waals surface area contributed by atoms with Crippen LogP contribution < -0.4 is 15.5 Å². The second-order valence-corrected chi connectivity index (χ2v) is 11.1. The third kappa shape index (κ3) is 4.36. The lowest BCUT2D eigenvalue weighted by Gasteiger charge is -2.35. The molecule has 0 radical (unpaired) electrons. The van der Waals surface area contributed by atoms with Gasteiger partial charge in [0.1, 0.15) is 17.8 Å². The quantitative estimate of drug-likeness (QED) is 0.273. The molecule has 33 heavy (non-hydrogen) atoms. The number of aromatic amines is 1. The molecule has 3 N–H and O–H groups in total. The van der Waals surface area contributed by atoms with Crippen LogP contribution in [0.2, 0.25) is 0 Å². The number of hydrogen-bond acceptors (Lipinski definition) is 9. The topological polar surface area (TPSA) is 114 Å². The molecule has 0 amide bonds. The molecule has 5 heterocycles. The number of nitrogens with zero attached hydrogens (tertiary/aromatic N) is 4. The number of aldehydes is 1. The van der Waals surface area contributed by atoms with Crippen LogP contribution in [0.1, 0.15) is 6.42 Å². The first-order valence-corrected chi connectivity index (χ1v) is 13.1. The van der Waals surface area contributed by atoms with Gasteiger partial charge < -0.3 is 25.3 Å². The molecule has 3 aliphatic rings. The standard InChI is InChI=1S/C22H27N7O3S/c30-13-12-28-8-10-29(11-9-28)18-3-1-16(2-4-18)25-22-26-20-19(5-7-23-20)21(27-22)24-17-6-14-33(15-17)31-32-33/h1-5,7,13,17H,6,8-12,14-15H2,(H3,23,24,25,26,27). The number of aromatic nitrogens is 3. The predicted octanol–water partition coefficient (Wildman–Crippen LogP) is 2.80. The lowest BCUT2D eigenvalue weighted by Crippen LogP contribution is -2.46. The van der Waals surface area contributed by atoms with Crippen molar-refractivity contribution in [2.45, 2.75) is 12.5 Å². The fourth-order valence-electron chi connectivity index (χ4n) is 4.55. The van der Waals surface area contributed by atoms with E-state index >= 15 is 0 Å². The monoisotopic (exact) mass is 469 g/mol. The molecule has 0 bridgehead atoms. The minimum absolute atomic E-state index is 0.287. The number of nitrogens with one attached hydrogen (secondary N) is 3. The Morgan fingerprint density at radius 1 is 1.12 bits per heavy atom. The largest absolute Gasteiger partial charge is 0.369 e. The van der Waals surface area contributed by atoms with Crippen molar-refractivity contribution in [3.8, 4) is 0 Å². The van der Waals surface area contributed by atoms with Gasteiger partial charge in [0.2, 0.25) is 5.95 Å². The molecule has 11 heteroatoms. The number of piperazine rings is 1. The maximum atomic E-state index is 10.7. The van der Waals surface area contributed by atoms with Crippen molar-refractivity contribution in [3.05, 3.63) is 36.5 Å². The van der Waals surface area contributed by atoms with Crippen molar-refractivity contribution >= 4 is 51.1 Å². The Balaban J connectivity index is 1.14. The number of carbonyl (C=O) groups excluding carboxylic acids is 1. The van der Waals surface area contributed by atoms with Gasteiger partial charge in [0, 0.05) is 55.5 Å². The van der Waals surface area contributed by atoms with Gasteiger partial charge in [-0.2, -0.15) is 9.97 Å². The molecular formula is C22H27N7O3S. The SMILES string of the molecule is O=CCN1CCN(c2ccc(Nc3nc(NC4CCS5(C4)OO5)c4cc[nH]c4n3)cc2)CC1. The van der Waals surface area contributed by atoms with Gasteiger partial charge >= 0.3 is 0 Å². The van der Waals surface area contributed by atoms with E-state index in [1.54, 1.807) is 0 Å². The second-order valence-electron chi connectivity index (χ2n) is 8.64. The van der Waals surface area contributed by atoms with Crippen LogP contribution in [-0.4, -0.2) is 76.4 Å². The summed E-state index contributed by atoms with van der Waals surface area (Å²) in [6.45, 7) is 4.16. The fourth-order valence-corrected chi connectivity index (χ4v) is 6.79. The number of carbonyl (C=O) groups is 1. The second kappa shape index (κ2) is 8.49. The number of anilines is 4. The van der Waals surface area contributed by atoms with Gasteiger partial charge in [-0.15, -0.1) is 19.3 Å². The third-order valence-electron chi connectivity index (χ3n) is 6.44. The summed E-state index contributed by atoms with van der Waals surface area (Å²) in [5, 5.41) is 7.89.